The zero-order valence-corrected chi connectivity index (χ0v) is 14.5. The fraction of sp³-hybridized carbons (Fsp3) is 0.133. The van der Waals surface area contributed by atoms with Crippen molar-refractivity contribution in [3.8, 4) is 0 Å². The second-order valence-electron chi connectivity index (χ2n) is 4.39. The molecule has 0 fully saturated rings. The summed E-state index contributed by atoms with van der Waals surface area (Å²) in [7, 11) is 1.28. The lowest BCUT2D eigenvalue weighted by Gasteiger charge is -2.11. The van der Waals surface area contributed by atoms with Crippen LogP contribution >= 0.6 is 34.2 Å². The summed E-state index contributed by atoms with van der Waals surface area (Å²) in [6.45, 7) is 0. The van der Waals surface area contributed by atoms with Gasteiger partial charge in [0.15, 0.2) is 0 Å². The maximum absolute atomic E-state index is 12.1. The summed E-state index contributed by atoms with van der Waals surface area (Å²) in [6, 6.07) is 6.67. The number of carbonyl (C=O) groups excluding carboxylic acids is 2. The van der Waals surface area contributed by atoms with Crippen LogP contribution in [0.4, 0.5) is 5.69 Å². The topological polar surface area (TPSA) is 68.3 Å². The Bertz CT molecular complexity index is 707. The van der Waals surface area contributed by atoms with Crippen LogP contribution in [0, 0.1) is 3.57 Å². The lowest BCUT2D eigenvalue weighted by Crippen LogP contribution is -2.17. The highest BCUT2D eigenvalue weighted by Gasteiger charge is 2.17. The molecule has 1 aromatic heterocycles. The van der Waals surface area contributed by atoms with Gasteiger partial charge < -0.3 is 10.1 Å². The fourth-order valence-corrected chi connectivity index (χ4v) is 2.44. The van der Waals surface area contributed by atoms with E-state index in [0.717, 1.165) is 5.56 Å². The number of pyridine rings is 1. The third kappa shape index (κ3) is 4.17. The molecular formula is C15H12ClIN2O3. The van der Waals surface area contributed by atoms with E-state index < -0.39 is 5.97 Å². The summed E-state index contributed by atoms with van der Waals surface area (Å²) >= 11 is 8.06. The van der Waals surface area contributed by atoms with Gasteiger partial charge in [-0.3, -0.25) is 9.78 Å². The van der Waals surface area contributed by atoms with E-state index in [0.29, 0.717) is 14.3 Å². The summed E-state index contributed by atoms with van der Waals surface area (Å²) < 4.78 is 5.42. The van der Waals surface area contributed by atoms with Crippen LogP contribution in [0.5, 0.6) is 0 Å². The molecule has 0 saturated heterocycles. The van der Waals surface area contributed by atoms with Gasteiger partial charge in [0.2, 0.25) is 5.91 Å². The number of halogens is 2. The zero-order chi connectivity index (χ0) is 16.1. The molecule has 0 bridgehead atoms. The average Bonchev–Trinajstić information content (AvgIpc) is 2.50. The fourth-order valence-electron chi connectivity index (χ4n) is 1.81. The molecular weight excluding hydrogens is 419 g/mol. The Morgan fingerprint density at radius 2 is 2.18 bits per heavy atom. The maximum Gasteiger partial charge on any atom is 0.340 e. The molecule has 7 heteroatoms. The molecule has 5 nitrogen and oxygen atoms in total. The Labute approximate surface area is 146 Å². The highest BCUT2D eigenvalue weighted by atomic mass is 127. The molecule has 0 saturated carbocycles. The number of benzene rings is 1. The van der Waals surface area contributed by atoms with Crippen molar-refractivity contribution in [2.24, 2.45) is 0 Å². The molecule has 0 spiro atoms. The first-order valence-corrected chi connectivity index (χ1v) is 7.73. The van der Waals surface area contributed by atoms with Gasteiger partial charge in [0.05, 0.1) is 29.8 Å². The van der Waals surface area contributed by atoms with Gasteiger partial charge in [0, 0.05) is 16.0 Å². The number of methoxy groups -OCH3 is 1. The largest absolute Gasteiger partial charge is 0.465 e. The van der Waals surface area contributed by atoms with Crippen LogP contribution < -0.4 is 5.32 Å². The zero-order valence-electron chi connectivity index (χ0n) is 11.6. The number of anilines is 1. The summed E-state index contributed by atoms with van der Waals surface area (Å²) in [5.74, 6) is -0.804. The molecule has 1 heterocycles. The molecule has 114 valence electrons. The van der Waals surface area contributed by atoms with Gasteiger partial charge >= 0.3 is 5.97 Å². The lowest BCUT2D eigenvalue weighted by atomic mass is 10.1. The molecule has 2 aromatic rings. The predicted molar refractivity (Wildman–Crippen MR) is 92.1 cm³/mol. The Kier molecular flexibility index (Phi) is 5.73. The quantitative estimate of drug-likeness (QED) is 0.597. The van der Waals surface area contributed by atoms with E-state index in [4.69, 9.17) is 16.3 Å². The van der Waals surface area contributed by atoms with Gasteiger partial charge in [-0.05, 0) is 46.4 Å². The number of hydrogen-bond acceptors (Lipinski definition) is 4. The van der Waals surface area contributed by atoms with Crippen molar-refractivity contribution in [3.05, 3.63) is 56.4 Å². The molecule has 1 aromatic carbocycles. The van der Waals surface area contributed by atoms with Crippen LogP contribution in [-0.4, -0.2) is 24.0 Å². The van der Waals surface area contributed by atoms with Crippen LogP contribution in [-0.2, 0) is 16.0 Å². The molecule has 0 unspecified atom stereocenters. The summed E-state index contributed by atoms with van der Waals surface area (Å²) in [5.41, 5.74) is 1.36. The number of hydrogen-bond donors (Lipinski definition) is 1. The smallest absolute Gasteiger partial charge is 0.340 e. The van der Waals surface area contributed by atoms with Crippen LogP contribution in [0.2, 0.25) is 5.02 Å². The van der Waals surface area contributed by atoms with Gasteiger partial charge in [0.1, 0.15) is 0 Å². The minimum atomic E-state index is -0.536. The van der Waals surface area contributed by atoms with Gasteiger partial charge in [-0.15, -0.1) is 0 Å². The number of rotatable bonds is 4. The first-order valence-electron chi connectivity index (χ1n) is 6.27. The third-order valence-corrected chi connectivity index (χ3v) is 4.35. The molecule has 22 heavy (non-hydrogen) atoms. The summed E-state index contributed by atoms with van der Waals surface area (Å²) in [5, 5.41) is 3.14. The van der Waals surface area contributed by atoms with Crippen LogP contribution in [0.25, 0.3) is 0 Å². The number of aromatic nitrogens is 1. The van der Waals surface area contributed by atoms with Crippen molar-refractivity contribution in [3.63, 3.8) is 0 Å². The van der Waals surface area contributed by atoms with Crippen molar-refractivity contribution < 1.29 is 14.3 Å². The van der Waals surface area contributed by atoms with Crippen molar-refractivity contribution in [2.75, 3.05) is 12.4 Å². The number of esters is 1. The van der Waals surface area contributed by atoms with E-state index in [2.05, 4.69) is 10.3 Å². The molecule has 0 radical (unpaired) electrons. The minimum absolute atomic E-state index is 0.151. The van der Waals surface area contributed by atoms with Gasteiger partial charge in [-0.2, -0.15) is 0 Å². The maximum atomic E-state index is 12.1. The molecule has 0 aliphatic rings. The minimum Gasteiger partial charge on any atom is -0.465 e. The number of carbonyl (C=O) groups is 2. The number of amides is 1. The normalized spacial score (nSPS) is 10.1. The van der Waals surface area contributed by atoms with Gasteiger partial charge in [0.25, 0.3) is 0 Å². The second-order valence-corrected chi connectivity index (χ2v) is 5.96. The van der Waals surface area contributed by atoms with Crippen molar-refractivity contribution in [1.29, 1.82) is 0 Å². The van der Waals surface area contributed by atoms with E-state index in [1.807, 2.05) is 22.6 Å². The number of nitrogens with zero attached hydrogens (tertiary/aromatic N) is 1. The van der Waals surface area contributed by atoms with E-state index >= 15 is 0 Å². The first-order chi connectivity index (χ1) is 10.5. The Balaban J connectivity index is 2.23. The van der Waals surface area contributed by atoms with Crippen molar-refractivity contribution in [1.82, 2.24) is 4.98 Å². The standard InChI is InChI=1S/C15H12ClIN2O3/c1-22-15(21)10-6-12(17)11(16)7-13(10)19-14(20)5-9-3-2-4-18-8-9/h2-4,6-8H,5H2,1H3,(H,19,20). The first kappa shape index (κ1) is 16.7. The predicted octanol–water partition coefficient (Wildman–Crippen LogP) is 3.31. The van der Waals surface area contributed by atoms with Crippen LogP contribution in [0.15, 0.2) is 36.7 Å². The lowest BCUT2D eigenvalue weighted by molar-refractivity contribution is -0.115. The molecule has 0 atom stereocenters. The highest BCUT2D eigenvalue weighted by molar-refractivity contribution is 14.1. The van der Waals surface area contributed by atoms with Gasteiger partial charge in [-0.25, -0.2) is 4.79 Å². The van der Waals surface area contributed by atoms with E-state index in [1.54, 1.807) is 30.6 Å². The van der Waals surface area contributed by atoms with E-state index in [1.165, 1.54) is 13.2 Å². The van der Waals surface area contributed by atoms with Gasteiger partial charge in [-0.1, -0.05) is 17.7 Å². The third-order valence-electron chi connectivity index (χ3n) is 2.83. The Morgan fingerprint density at radius 3 is 2.82 bits per heavy atom. The Morgan fingerprint density at radius 1 is 1.41 bits per heavy atom. The van der Waals surface area contributed by atoms with Crippen LogP contribution in [0.1, 0.15) is 15.9 Å². The second kappa shape index (κ2) is 7.55. The van der Waals surface area contributed by atoms with E-state index in [9.17, 15) is 9.59 Å². The monoisotopic (exact) mass is 430 g/mol. The highest BCUT2D eigenvalue weighted by Crippen LogP contribution is 2.27. The average molecular weight is 431 g/mol. The molecule has 0 aliphatic heterocycles. The molecule has 0 aliphatic carbocycles. The molecule has 1 amide bonds. The number of ether oxygens (including phenoxy) is 1. The van der Waals surface area contributed by atoms with Crippen molar-refractivity contribution >= 4 is 51.8 Å². The number of nitrogens with one attached hydrogen (secondary N) is 1. The summed E-state index contributed by atoms with van der Waals surface area (Å²) in [6.07, 6.45) is 3.40. The SMILES string of the molecule is COC(=O)c1cc(I)c(Cl)cc1NC(=O)Cc1cccnc1. The van der Waals surface area contributed by atoms with Crippen LogP contribution in [0.3, 0.4) is 0 Å². The molecule has 1 N–H and O–H groups in total. The van der Waals surface area contributed by atoms with Crippen molar-refractivity contribution in [2.45, 2.75) is 6.42 Å². The summed E-state index contributed by atoms with van der Waals surface area (Å²) in [4.78, 5) is 27.9. The molecule has 2 rings (SSSR count). The Hall–Kier alpha value is -1.67. The van der Waals surface area contributed by atoms with E-state index in [-0.39, 0.29) is 17.9 Å².